The summed E-state index contributed by atoms with van der Waals surface area (Å²) in [5.74, 6) is 0.860. The molecule has 0 amide bonds. The summed E-state index contributed by atoms with van der Waals surface area (Å²) in [6.45, 7) is 6.74. The first kappa shape index (κ1) is 15.3. The van der Waals surface area contributed by atoms with Gasteiger partial charge in [-0.3, -0.25) is 0 Å². The predicted octanol–water partition coefficient (Wildman–Crippen LogP) is 1.21. The second-order valence-electron chi connectivity index (χ2n) is 5.01. The van der Waals surface area contributed by atoms with Gasteiger partial charge < -0.3 is 4.74 Å². The van der Waals surface area contributed by atoms with Gasteiger partial charge in [0.15, 0.2) is 0 Å². The summed E-state index contributed by atoms with van der Waals surface area (Å²) in [6, 6.07) is 1.85. The summed E-state index contributed by atoms with van der Waals surface area (Å²) in [5.41, 5.74) is 1.62. The maximum absolute atomic E-state index is 12.1. The Kier molecular flexibility index (Phi) is 4.72. The van der Waals surface area contributed by atoms with E-state index in [-0.39, 0.29) is 11.9 Å². The van der Waals surface area contributed by atoms with Crippen LogP contribution in [0.5, 0.6) is 0 Å². The molecule has 0 aromatic carbocycles. The molecule has 2 rings (SSSR count). The molecule has 6 nitrogen and oxygen atoms in total. The van der Waals surface area contributed by atoms with Gasteiger partial charge >= 0.3 is 0 Å². The van der Waals surface area contributed by atoms with Gasteiger partial charge in [0.25, 0.3) is 0 Å². The average Bonchev–Trinajstić information content (AvgIpc) is 2.38. The minimum atomic E-state index is -3.18. The van der Waals surface area contributed by atoms with Crippen LogP contribution in [-0.4, -0.2) is 48.1 Å². The zero-order chi connectivity index (χ0) is 14.8. The molecular weight excluding hydrogens is 278 g/mol. The molecule has 0 spiro atoms. The summed E-state index contributed by atoms with van der Waals surface area (Å²) >= 11 is 0. The van der Waals surface area contributed by atoms with E-state index in [9.17, 15) is 8.42 Å². The van der Waals surface area contributed by atoms with E-state index in [1.54, 1.807) is 0 Å². The number of rotatable bonds is 4. The molecule has 1 aromatic rings. The number of aryl methyl sites for hydroxylation is 2. The molecule has 1 atom stereocenters. The summed E-state index contributed by atoms with van der Waals surface area (Å²) in [6.07, 6.45) is 0.312. The molecule has 0 bridgehead atoms. The summed E-state index contributed by atoms with van der Waals surface area (Å²) in [4.78, 5) is 8.59. The van der Waals surface area contributed by atoms with Gasteiger partial charge in [-0.15, -0.1) is 0 Å². The third kappa shape index (κ3) is 3.53. The van der Waals surface area contributed by atoms with Crippen molar-refractivity contribution in [1.29, 1.82) is 0 Å². The van der Waals surface area contributed by atoms with Crippen LogP contribution in [0.25, 0.3) is 0 Å². The predicted molar refractivity (Wildman–Crippen MR) is 75.8 cm³/mol. The molecule has 1 fully saturated rings. The van der Waals surface area contributed by atoms with E-state index in [0.29, 0.717) is 31.9 Å². The second kappa shape index (κ2) is 6.15. The molecule has 0 saturated carbocycles. The Bertz CT molecular complexity index is 554. The number of ether oxygens (including phenoxy) is 1. The van der Waals surface area contributed by atoms with E-state index < -0.39 is 10.0 Å². The lowest BCUT2D eigenvalue weighted by Gasteiger charge is -2.31. The fourth-order valence-corrected chi connectivity index (χ4v) is 3.84. The molecule has 7 heteroatoms. The van der Waals surface area contributed by atoms with Crippen LogP contribution in [0.4, 0.5) is 0 Å². The molecule has 112 valence electrons. The molecule has 0 radical (unpaired) electrons. The van der Waals surface area contributed by atoms with Gasteiger partial charge in [0.05, 0.1) is 18.1 Å². The molecule has 20 heavy (non-hydrogen) atoms. The van der Waals surface area contributed by atoms with E-state index in [1.807, 2.05) is 26.8 Å². The van der Waals surface area contributed by atoms with Crippen molar-refractivity contribution in [2.45, 2.75) is 33.3 Å². The summed E-state index contributed by atoms with van der Waals surface area (Å²) in [5, 5.41) is 0. The molecule has 1 saturated heterocycles. The highest BCUT2D eigenvalue weighted by atomic mass is 32.2. The first-order valence-electron chi connectivity index (χ1n) is 6.84. The molecule has 1 aromatic heterocycles. The van der Waals surface area contributed by atoms with E-state index in [0.717, 1.165) is 11.4 Å². The van der Waals surface area contributed by atoms with Crippen molar-refractivity contribution in [2.24, 2.45) is 0 Å². The van der Waals surface area contributed by atoms with Crippen LogP contribution in [0.3, 0.4) is 0 Å². The number of nitrogens with zero attached hydrogens (tertiary/aromatic N) is 3. The Labute approximate surface area is 120 Å². The number of morpholine rings is 1. The normalized spacial score (nSPS) is 21.1. The Morgan fingerprint density at radius 1 is 1.40 bits per heavy atom. The molecule has 1 aliphatic rings. The molecular formula is C13H21N3O3S. The quantitative estimate of drug-likeness (QED) is 0.835. The van der Waals surface area contributed by atoms with E-state index in [2.05, 4.69) is 9.97 Å². The lowest BCUT2D eigenvalue weighted by atomic mass is 10.2. The van der Waals surface area contributed by atoms with Crippen molar-refractivity contribution >= 4 is 10.0 Å². The van der Waals surface area contributed by atoms with Gasteiger partial charge in [-0.25, -0.2) is 18.4 Å². The van der Waals surface area contributed by atoms with Crippen LogP contribution in [0.15, 0.2) is 6.07 Å². The number of aromatic nitrogens is 2. The van der Waals surface area contributed by atoms with Crippen LogP contribution in [0.2, 0.25) is 0 Å². The third-order valence-electron chi connectivity index (χ3n) is 3.20. The smallest absolute Gasteiger partial charge is 0.214 e. The fraction of sp³-hybridized carbons (Fsp3) is 0.692. The van der Waals surface area contributed by atoms with E-state index in [1.165, 1.54) is 4.31 Å². The zero-order valence-electron chi connectivity index (χ0n) is 12.2. The first-order chi connectivity index (χ1) is 9.42. The Morgan fingerprint density at radius 2 is 2.15 bits per heavy atom. The highest BCUT2D eigenvalue weighted by Gasteiger charge is 2.30. The van der Waals surface area contributed by atoms with Gasteiger partial charge in [-0.2, -0.15) is 4.31 Å². The zero-order valence-corrected chi connectivity index (χ0v) is 13.0. The van der Waals surface area contributed by atoms with Gasteiger partial charge in [0.2, 0.25) is 10.0 Å². The Hall–Kier alpha value is -1.05. The van der Waals surface area contributed by atoms with Crippen LogP contribution >= 0.6 is 0 Å². The minimum Gasteiger partial charge on any atom is -0.369 e. The van der Waals surface area contributed by atoms with Gasteiger partial charge in [-0.05, 0) is 26.3 Å². The van der Waals surface area contributed by atoms with Crippen LogP contribution in [-0.2, 0) is 14.8 Å². The van der Waals surface area contributed by atoms with Crippen LogP contribution in [0.1, 0.15) is 36.7 Å². The molecule has 1 unspecified atom stereocenters. The number of sulfonamides is 1. The van der Waals surface area contributed by atoms with Crippen molar-refractivity contribution in [3.05, 3.63) is 23.3 Å². The molecule has 2 heterocycles. The summed E-state index contributed by atoms with van der Waals surface area (Å²) < 4.78 is 31.5. The van der Waals surface area contributed by atoms with Crippen molar-refractivity contribution in [1.82, 2.24) is 14.3 Å². The Balaban J connectivity index is 2.18. The number of hydrogen-bond acceptors (Lipinski definition) is 5. The molecule has 0 aliphatic carbocycles. The van der Waals surface area contributed by atoms with Crippen LogP contribution < -0.4 is 0 Å². The Morgan fingerprint density at radius 3 is 2.80 bits per heavy atom. The van der Waals surface area contributed by atoms with Crippen molar-refractivity contribution < 1.29 is 13.2 Å². The largest absolute Gasteiger partial charge is 0.369 e. The standard InChI is InChI=1S/C13H21N3O3S/c1-4-7-20(17,18)16-5-6-19-13(9-16)12-8-10(2)14-11(3)15-12/h8,13H,4-7,9H2,1-3H3. The van der Waals surface area contributed by atoms with Crippen molar-refractivity contribution in [2.75, 3.05) is 25.4 Å². The average molecular weight is 299 g/mol. The topological polar surface area (TPSA) is 72.4 Å². The second-order valence-corrected chi connectivity index (χ2v) is 7.10. The van der Waals surface area contributed by atoms with Crippen molar-refractivity contribution in [3.8, 4) is 0 Å². The lowest BCUT2D eigenvalue weighted by molar-refractivity contribution is -0.00511. The van der Waals surface area contributed by atoms with E-state index >= 15 is 0 Å². The van der Waals surface area contributed by atoms with Crippen LogP contribution in [0, 0.1) is 13.8 Å². The monoisotopic (exact) mass is 299 g/mol. The highest BCUT2D eigenvalue weighted by molar-refractivity contribution is 7.89. The van der Waals surface area contributed by atoms with Gasteiger partial charge in [0.1, 0.15) is 11.9 Å². The fourth-order valence-electron chi connectivity index (χ4n) is 2.35. The maximum atomic E-state index is 12.1. The first-order valence-corrected chi connectivity index (χ1v) is 8.45. The number of hydrogen-bond donors (Lipinski definition) is 0. The highest BCUT2D eigenvalue weighted by Crippen LogP contribution is 2.23. The van der Waals surface area contributed by atoms with Gasteiger partial charge in [0, 0.05) is 18.8 Å². The minimum absolute atomic E-state index is 0.182. The lowest BCUT2D eigenvalue weighted by Crippen LogP contribution is -2.43. The molecule has 0 N–H and O–H groups in total. The summed E-state index contributed by atoms with van der Waals surface area (Å²) in [7, 11) is -3.18. The maximum Gasteiger partial charge on any atom is 0.214 e. The van der Waals surface area contributed by atoms with E-state index in [4.69, 9.17) is 4.74 Å². The molecule has 1 aliphatic heterocycles. The van der Waals surface area contributed by atoms with Crippen molar-refractivity contribution in [3.63, 3.8) is 0 Å². The SMILES string of the molecule is CCCS(=O)(=O)N1CCOC(c2cc(C)nc(C)n2)C1. The third-order valence-corrected chi connectivity index (χ3v) is 5.24. The van der Waals surface area contributed by atoms with Gasteiger partial charge in [-0.1, -0.05) is 6.92 Å².